The summed E-state index contributed by atoms with van der Waals surface area (Å²) in [6.45, 7) is 3.32. The fourth-order valence-electron chi connectivity index (χ4n) is 4.49. The van der Waals surface area contributed by atoms with Crippen LogP contribution in [0.4, 0.5) is 24.5 Å². The predicted octanol–water partition coefficient (Wildman–Crippen LogP) is 5.01. The number of nitrogens with zero attached hydrogens (tertiary/aromatic N) is 1. The Kier molecular flexibility index (Phi) is 6.62. The molecule has 2 bridgehead atoms. The van der Waals surface area contributed by atoms with Gasteiger partial charge in [0.15, 0.2) is 0 Å². The molecule has 174 valence electrons. The first kappa shape index (κ1) is 24.1. The highest BCUT2D eigenvalue weighted by Gasteiger charge is 2.42. The molecular weight excluding hydrogens is 447 g/mol. The van der Waals surface area contributed by atoms with Gasteiger partial charge in [-0.25, -0.2) is 4.98 Å². The number of pyridine rings is 1. The number of nitrogens with one attached hydrogen (secondary N) is 2. The maximum atomic E-state index is 12.7. The van der Waals surface area contributed by atoms with E-state index in [0.29, 0.717) is 17.1 Å². The topological polar surface area (TPSA) is 83.5 Å². The number of aromatic nitrogens is 1. The zero-order valence-corrected chi connectivity index (χ0v) is 18.4. The highest BCUT2D eigenvalue weighted by Crippen LogP contribution is 2.56. The molecule has 0 radical (unpaired) electrons. The van der Waals surface area contributed by atoms with Crippen LogP contribution in [-0.2, 0) is 0 Å². The number of alkyl halides is 3. The minimum atomic E-state index is -4.77. The molecule has 1 amide bonds. The molecule has 2 atom stereocenters. The summed E-state index contributed by atoms with van der Waals surface area (Å²) in [6.07, 6.45) is -0.310. The second-order valence-corrected chi connectivity index (χ2v) is 8.75. The van der Waals surface area contributed by atoms with Crippen molar-refractivity contribution < 1.29 is 27.8 Å². The average molecular weight is 472 g/mol. The van der Waals surface area contributed by atoms with Crippen LogP contribution in [0.1, 0.15) is 66.6 Å². The zero-order chi connectivity index (χ0) is 22.4. The Bertz CT molecular complexity index is 1010. The van der Waals surface area contributed by atoms with E-state index in [1.165, 1.54) is 18.2 Å². The average Bonchev–Trinajstić information content (AvgIpc) is 3.27. The third-order valence-corrected chi connectivity index (χ3v) is 5.65. The zero-order valence-electron chi connectivity index (χ0n) is 17.6. The lowest BCUT2D eigenvalue weighted by molar-refractivity contribution is -0.274. The molecule has 32 heavy (non-hydrogen) atoms. The highest BCUT2D eigenvalue weighted by atomic mass is 35.5. The van der Waals surface area contributed by atoms with Crippen LogP contribution in [-0.4, -0.2) is 34.5 Å². The number of aliphatic hydroxyl groups is 1. The van der Waals surface area contributed by atoms with Crippen LogP contribution in [0.5, 0.6) is 5.75 Å². The van der Waals surface area contributed by atoms with Gasteiger partial charge >= 0.3 is 6.36 Å². The summed E-state index contributed by atoms with van der Waals surface area (Å²) in [7, 11) is 0. The Hall–Kier alpha value is -2.52. The van der Waals surface area contributed by atoms with Crippen molar-refractivity contribution in [3.05, 3.63) is 47.3 Å². The predicted molar refractivity (Wildman–Crippen MR) is 116 cm³/mol. The van der Waals surface area contributed by atoms with Crippen LogP contribution in [0, 0.1) is 0 Å². The number of halogens is 4. The first-order valence-electron chi connectivity index (χ1n) is 10.2. The van der Waals surface area contributed by atoms with Gasteiger partial charge in [-0.15, -0.1) is 25.6 Å². The van der Waals surface area contributed by atoms with Crippen LogP contribution in [0.3, 0.4) is 0 Å². The Morgan fingerprint density at radius 3 is 2.56 bits per heavy atom. The van der Waals surface area contributed by atoms with Crippen molar-refractivity contribution in [1.29, 1.82) is 0 Å². The Morgan fingerprint density at radius 1 is 1.22 bits per heavy atom. The summed E-state index contributed by atoms with van der Waals surface area (Å²) >= 11 is 0. The van der Waals surface area contributed by atoms with Crippen LogP contribution in [0.2, 0.25) is 0 Å². The van der Waals surface area contributed by atoms with E-state index in [-0.39, 0.29) is 42.4 Å². The van der Waals surface area contributed by atoms with Gasteiger partial charge in [0.05, 0.1) is 17.5 Å². The summed E-state index contributed by atoms with van der Waals surface area (Å²) in [5, 5.41) is 15.8. The van der Waals surface area contributed by atoms with Crippen molar-refractivity contribution in [2.24, 2.45) is 0 Å². The van der Waals surface area contributed by atoms with E-state index < -0.39 is 12.0 Å². The summed E-state index contributed by atoms with van der Waals surface area (Å²) in [5.74, 6) is -0.137. The molecule has 3 N–H and O–H groups in total. The molecule has 1 saturated carbocycles. The van der Waals surface area contributed by atoms with Gasteiger partial charge in [0.2, 0.25) is 0 Å². The van der Waals surface area contributed by atoms with Crippen molar-refractivity contribution in [3.8, 4) is 5.75 Å². The van der Waals surface area contributed by atoms with Gasteiger partial charge < -0.3 is 20.5 Å². The second-order valence-electron chi connectivity index (χ2n) is 8.75. The number of fused-ring (bicyclic) bond motifs is 5. The number of rotatable bonds is 6. The number of carbonyl (C=O) groups is 1. The number of amides is 1. The molecule has 0 aliphatic heterocycles. The SMILES string of the molecule is CC(C)(O)CNC(=O)c1ncc(Nc2cccc(OC(F)(F)F)c2)c2c1C1CCC2C1.Cl. The third-order valence-electron chi connectivity index (χ3n) is 5.65. The number of anilines is 2. The van der Waals surface area contributed by atoms with Gasteiger partial charge in [-0.1, -0.05) is 6.07 Å². The molecule has 10 heteroatoms. The number of hydrogen-bond donors (Lipinski definition) is 3. The van der Waals surface area contributed by atoms with E-state index in [2.05, 4.69) is 20.4 Å². The molecular formula is C22H25ClF3N3O3. The van der Waals surface area contributed by atoms with Gasteiger partial charge in [0, 0.05) is 18.3 Å². The number of benzene rings is 1. The molecule has 1 heterocycles. The van der Waals surface area contributed by atoms with E-state index in [4.69, 9.17) is 0 Å². The van der Waals surface area contributed by atoms with E-state index in [9.17, 15) is 23.1 Å². The minimum absolute atomic E-state index is 0. The Labute approximate surface area is 190 Å². The van der Waals surface area contributed by atoms with Gasteiger partial charge in [0.25, 0.3) is 5.91 Å². The van der Waals surface area contributed by atoms with E-state index in [1.807, 2.05) is 0 Å². The Balaban J connectivity index is 0.00000289. The molecule has 4 rings (SSSR count). The minimum Gasteiger partial charge on any atom is -0.406 e. The normalized spacial score (nSPS) is 19.2. The summed E-state index contributed by atoms with van der Waals surface area (Å²) < 4.78 is 41.6. The summed E-state index contributed by atoms with van der Waals surface area (Å²) in [4.78, 5) is 17.1. The lowest BCUT2D eigenvalue weighted by atomic mass is 9.89. The maximum Gasteiger partial charge on any atom is 0.573 e. The largest absolute Gasteiger partial charge is 0.573 e. The van der Waals surface area contributed by atoms with Gasteiger partial charge in [-0.3, -0.25) is 4.79 Å². The van der Waals surface area contributed by atoms with Gasteiger partial charge in [-0.2, -0.15) is 0 Å². The van der Waals surface area contributed by atoms with E-state index >= 15 is 0 Å². The van der Waals surface area contributed by atoms with Crippen molar-refractivity contribution in [2.75, 3.05) is 11.9 Å². The van der Waals surface area contributed by atoms with E-state index in [0.717, 1.165) is 30.4 Å². The van der Waals surface area contributed by atoms with Crippen LogP contribution in [0.25, 0.3) is 0 Å². The molecule has 1 fully saturated rings. The molecule has 2 aromatic rings. The molecule has 1 aromatic carbocycles. The summed E-state index contributed by atoms with van der Waals surface area (Å²) in [6, 6.07) is 5.63. The molecule has 0 saturated heterocycles. The van der Waals surface area contributed by atoms with E-state index in [1.54, 1.807) is 26.1 Å². The Morgan fingerprint density at radius 2 is 1.91 bits per heavy atom. The van der Waals surface area contributed by atoms with Crippen molar-refractivity contribution in [2.45, 2.75) is 56.9 Å². The first-order chi connectivity index (χ1) is 14.5. The van der Waals surface area contributed by atoms with Gasteiger partial charge in [0.1, 0.15) is 11.4 Å². The van der Waals surface area contributed by atoms with Crippen LogP contribution >= 0.6 is 12.4 Å². The lowest BCUT2D eigenvalue weighted by Crippen LogP contribution is -2.39. The standard InChI is InChI=1S/C22H24F3N3O3.ClH/c1-21(2,30)11-27-20(29)19-18-13-7-6-12(8-13)17(18)16(10-26-19)28-14-4-3-5-15(9-14)31-22(23,24)25;/h3-5,9-10,12-13,28,30H,6-8,11H2,1-2H3,(H,27,29);1H. The number of ether oxygens (including phenoxy) is 1. The first-order valence-corrected chi connectivity index (χ1v) is 10.2. The molecule has 6 nitrogen and oxygen atoms in total. The van der Waals surface area contributed by atoms with Crippen LogP contribution < -0.4 is 15.4 Å². The fourth-order valence-corrected chi connectivity index (χ4v) is 4.49. The smallest absolute Gasteiger partial charge is 0.406 e. The second kappa shape index (κ2) is 8.78. The van der Waals surface area contributed by atoms with Gasteiger partial charge in [-0.05, 0) is 68.2 Å². The molecule has 2 aliphatic rings. The molecule has 1 aromatic heterocycles. The molecule has 2 aliphatic carbocycles. The van der Waals surface area contributed by atoms with Crippen molar-refractivity contribution in [3.63, 3.8) is 0 Å². The van der Waals surface area contributed by atoms with Crippen LogP contribution in [0.15, 0.2) is 30.5 Å². The van der Waals surface area contributed by atoms with Crippen molar-refractivity contribution in [1.82, 2.24) is 10.3 Å². The fraction of sp³-hybridized carbons (Fsp3) is 0.455. The maximum absolute atomic E-state index is 12.7. The summed E-state index contributed by atoms with van der Waals surface area (Å²) in [5.41, 5.74) is 2.34. The highest BCUT2D eigenvalue weighted by molar-refractivity contribution is 5.95. The lowest BCUT2D eigenvalue weighted by Gasteiger charge is -2.23. The van der Waals surface area contributed by atoms with Crippen molar-refractivity contribution >= 4 is 29.7 Å². The number of hydrogen-bond acceptors (Lipinski definition) is 5. The number of carbonyl (C=O) groups excluding carboxylic acids is 1. The molecule has 2 unspecified atom stereocenters. The quantitative estimate of drug-likeness (QED) is 0.551. The third kappa shape index (κ3) is 5.27. The monoisotopic (exact) mass is 471 g/mol. The molecule has 0 spiro atoms.